The van der Waals surface area contributed by atoms with Crippen molar-refractivity contribution in [2.45, 2.75) is 11.6 Å². The lowest BCUT2D eigenvalue weighted by Gasteiger charge is -2.14. The summed E-state index contributed by atoms with van der Waals surface area (Å²) in [6.07, 6.45) is 4.30. The van der Waals surface area contributed by atoms with E-state index in [1.54, 1.807) is 32.6 Å². The van der Waals surface area contributed by atoms with E-state index in [9.17, 15) is 4.79 Å². The van der Waals surface area contributed by atoms with Gasteiger partial charge in [0.05, 0.1) is 31.9 Å². The molecule has 0 aliphatic heterocycles. The van der Waals surface area contributed by atoms with Gasteiger partial charge in [-0.25, -0.2) is 0 Å². The number of para-hydroxylation sites is 1. The molecule has 5 aromatic rings. The van der Waals surface area contributed by atoms with Crippen molar-refractivity contribution >= 4 is 28.6 Å². The maximum atomic E-state index is 12.7. The normalized spacial score (nSPS) is 11.1. The van der Waals surface area contributed by atoms with E-state index in [0.29, 0.717) is 40.5 Å². The third kappa shape index (κ3) is 4.80. The molecule has 3 heterocycles. The minimum Gasteiger partial charge on any atom is -0.497 e. The molecule has 0 saturated heterocycles. The van der Waals surface area contributed by atoms with E-state index in [4.69, 9.17) is 13.9 Å². The summed E-state index contributed by atoms with van der Waals surface area (Å²) in [4.78, 5) is 15.9. The molecule has 36 heavy (non-hydrogen) atoms. The molecular formula is C26H25N5O4S. The molecule has 9 nitrogen and oxygen atoms in total. The van der Waals surface area contributed by atoms with E-state index in [-0.39, 0.29) is 11.7 Å². The number of thioether (sulfide) groups is 1. The van der Waals surface area contributed by atoms with Gasteiger partial charge < -0.3 is 24.2 Å². The zero-order valence-corrected chi connectivity index (χ0v) is 20.7. The van der Waals surface area contributed by atoms with Crippen LogP contribution < -0.4 is 14.8 Å². The highest BCUT2D eigenvalue weighted by molar-refractivity contribution is 7.99. The molecule has 0 aliphatic carbocycles. The van der Waals surface area contributed by atoms with Crippen LogP contribution in [0.5, 0.6) is 11.5 Å². The fourth-order valence-corrected chi connectivity index (χ4v) is 4.75. The van der Waals surface area contributed by atoms with E-state index in [0.717, 1.165) is 11.9 Å². The molecule has 1 amide bonds. The second kappa shape index (κ2) is 10.6. The number of H-pyrrole nitrogens is 1. The Kier molecular flexibility index (Phi) is 6.94. The number of amides is 1. The van der Waals surface area contributed by atoms with Crippen LogP contribution in [0.3, 0.4) is 0 Å². The number of methoxy groups -OCH3 is 2. The van der Waals surface area contributed by atoms with E-state index in [1.165, 1.54) is 22.7 Å². The number of ether oxygens (including phenoxy) is 2. The van der Waals surface area contributed by atoms with Gasteiger partial charge in [-0.3, -0.25) is 9.36 Å². The highest BCUT2D eigenvalue weighted by Crippen LogP contribution is 2.35. The molecule has 0 radical (unpaired) electrons. The van der Waals surface area contributed by atoms with E-state index < -0.39 is 0 Å². The van der Waals surface area contributed by atoms with Crippen LogP contribution in [0.1, 0.15) is 5.56 Å². The first-order chi connectivity index (χ1) is 17.7. The van der Waals surface area contributed by atoms with Gasteiger partial charge in [-0.1, -0.05) is 30.0 Å². The number of furan rings is 1. The number of hydrogen-bond acceptors (Lipinski definition) is 7. The van der Waals surface area contributed by atoms with Gasteiger partial charge in [-0.2, -0.15) is 0 Å². The van der Waals surface area contributed by atoms with Crippen molar-refractivity contribution in [3.05, 3.63) is 72.6 Å². The van der Waals surface area contributed by atoms with Crippen molar-refractivity contribution in [1.82, 2.24) is 25.1 Å². The summed E-state index contributed by atoms with van der Waals surface area (Å²) in [7, 11) is 3.19. The van der Waals surface area contributed by atoms with Gasteiger partial charge in [0.15, 0.2) is 10.9 Å². The van der Waals surface area contributed by atoms with Crippen molar-refractivity contribution in [1.29, 1.82) is 0 Å². The van der Waals surface area contributed by atoms with Crippen LogP contribution in [-0.4, -0.2) is 52.2 Å². The smallest absolute Gasteiger partial charge is 0.230 e. The Bertz CT molecular complexity index is 1480. The number of nitrogens with one attached hydrogen (secondary N) is 2. The molecule has 0 bridgehead atoms. The summed E-state index contributed by atoms with van der Waals surface area (Å²) in [6.45, 7) is 0.537. The summed E-state index contributed by atoms with van der Waals surface area (Å²) >= 11 is 1.28. The Labute approximate surface area is 211 Å². The molecule has 0 aliphatic rings. The third-order valence-corrected chi connectivity index (χ3v) is 6.65. The molecule has 3 aromatic heterocycles. The Morgan fingerprint density at radius 2 is 2.00 bits per heavy atom. The van der Waals surface area contributed by atoms with Crippen molar-refractivity contribution in [2.75, 3.05) is 26.5 Å². The Morgan fingerprint density at radius 3 is 2.81 bits per heavy atom. The standard InChI is InChI=1S/C26H25N5O4S/c1-33-18-9-10-22(34-2)21(14-18)31-25(23-8-5-13-35-23)29-30-26(31)36-16-24(32)27-12-11-17-15-28-20-7-4-3-6-19(17)20/h3-10,13-15,28H,11-12,16H2,1-2H3,(H,27,32). The maximum Gasteiger partial charge on any atom is 0.230 e. The van der Waals surface area contributed by atoms with E-state index in [2.05, 4.69) is 26.6 Å². The highest BCUT2D eigenvalue weighted by atomic mass is 32.2. The van der Waals surface area contributed by atoms with Crippen LogP contribution in [0.4, 0.5) is 0 Å². The number of carbonyl (C=O) groups is 1. The SMILES string of the molecule is COc1ccc(OC)c(-n2c(SCC(=O)NCCc3c[nH]c4ccccc34)nnc2-c2ccco2)c1. The first-order valence-corrected chi connectivity index (χ1v) is 12.3. The van der Waals surface area contributed by atoms with E-state index >= 15 is 0 Å². The molecule has 10 heteroatoms. The number of nitrogens with zero attached hydrogens (tertiary/aromatic N) is 3. The average molecular weight is 504 g/mol. The molecule has 184 valence electrons. The number of benzene rings is 2. The summed E-state index contributed by atoms with van der Waals surface area (Å²) in [5.41, 5.74) is 2.94. The van der Waals surface area contributed by atoms with Gasteiger partial charge in [0.1, 0.15) is 11.5 Å². The zero-order valence-electron chi connectivity index (χ0n) is 19.9. The molecule has 0 fully saturated rings. The molecule has 0 spiro atoms. The number of fused-ring (bicyclic) bond motifs is 1. The van der Waals surface area contributed by atoms with Crippen LogP contribution in [0.15, 0.2) is 76.6 Å². The summed E-state index contributed by atoms with van der Waals surface area (Å²) in [5.74, 6) is 2.38. The number of carbonyl (C=O) groups excluding carboxylic acids is 1. The summed E-state index contributed by atoms with van der Waals surface area (Å²) in [6, 6.07) is 17.2. The fourth-order valence-electron chi connectivity index (χ4n) is 3.97. The third-order valence-electron chi connectivity index (χ3n) is 5.73. The Balaban J connectivity index is 1.32. The monoisotopic (exact) mass is 503 g/mol. The summed E-state index contributed by atoms with van der Waals surface area (Å²) in [5, 5.41) is 13.4. The van der Waals surface area contributed by atoms with Gasteiger partial charge in [0.2, 0.25) is 11.7 Å². The van der Waals surface area contributed by atoms with Crippen molar-refractivity contribution in [2.24, 2.45) is 0 Å². The van der Waals surface area contributed by atoms with Crippen LogP contribution in [0.2, 0.25) is 0 Å². The Morgan fingerprint density at radius 1 is 1.11 bits per heavy atom. The van der Waals surface area contributed by atoms with Crippen molar-refractivity contribution < 1.29 is 18.7 Å². The van der Waals surface area contributed by atoms with Gasteiger partial charge in [-0.05, 0) is 42.3 Å². The van der Waals surface area contributed by atoms with Gasteiger partial charge in [0.25, 0.3) is 0 Å². The molecule has 0 atom stereocenters. The Hall–Kier alpha value is -4.18. The van der Waals surface area contributed by atoms with Crippen molar-refractivity contribution in [3.63, 3.8) is 0 Å². The number of aromatic nitrogens is 4. The highest BCUT2D eigenvalue weighted by Gasteiger charge is 2.22. The lowest BCUT2D eigenvalue weighted by atomic mass is 10.1. The first-order valence-electron chi connectivity index (χ1n) is 11.3. The quantitative estimate of drug-likeness (QED) is 0.271. The number of rotatable bonds is 10. The average Bonchev–Trinajstić information content (AvgIpc) is 3.67. The second-order valence-electron chi connectivity index (χ2n) is 7.90. The lowest BCUT2D eigenvalue weighted by Crippen LogP contribution is -2.27. The molecular weight excluding hydrogens is 478 g/mol. The predicted octanol–water partition coefficient (Wildman–Crippen LogP) is 4.48. The van der Waals surface area contributed by atoms with Crippen LogP contribution in [-0.2, 0) is 11.2 Å². The first kappa shape index (κ1) is 23.6. The summed E-state index contributed by atoms with van der Waals surface area (Å²) < 4.78 is 18.4. The largest absolute Gasteiger partial charge is 0.497 e. The van der Waals surface area contributed by atoms with Gasteiger partial charge in [-0.15, -0.1) is 10.2 Å². The minimum atomic E-state index is -0.0912. The second-order valence-corrected chi connectivity index (χ2v) is 8.85. The van der Waals surface area contributed by atoms with Gasteiger partial charge >= 0.3 is 0 Å². The maximum absolute atomic E-state index is 12.7. The van der Waals surface area contributed by atoms with Crippen molar-refractivity contribution in [3.8, 4) is 28.8 Å². The van der Waals surface area contributed by atoms with Crippen LogP contribution in [0, 0.1) is 0 Å². The molecule has 0 unspecified atom stereocenters. The number of hydrogen-bond donors (Lipinski definition) is 2. The van der Waals surface area contributed by atoms with Gasteiger partial charge in [0, 0.05) is 29.7 Å². The topological polar surface area (TPSA) is 107 Å². The number of aromatic amines is 1. The zero-order chi connectivity index (χ0) is 24.9. The molecule has 2 N–H and O–H groups in total. The van der Waals surface area contributed by atoms with Crippen LogP contribution >= 0.6 is 11.8 Å². The fraction of sp³-hybridized carbons (Fsp3) is 0.192. The minimum absolute atomic E-state index is 0.0912. The molecule has 5 rings (SSSR count). The predicted molar refractivity (Wildman–Crippen MR) is 138 cm³/mol. The molecule has 0 saturated carbocycles. The van der Waals surface area contributed by atoms with E-state index in [1.807, 2.05) is 47.2 Å². The molecule has 2 aromatic carbocycles. The lowest BCUT2D eigenvalue weighted by molar-refractivity contribution is -0.118. The van der Waals surface area contributed by atoms with Crippen LogP contribution in [0.25, 0.3) is 28.2 Å².